The van der Waals surface area contributed by atoms with Gasteiger partial charge in [-0.3, -0.25) is 29.4 Å². The minimum Gasteiger partial charge on any atom is -0.341 e. The van der Waals surface area contributed by atoms with Crippen LogP contribution in [0, 0.1) is 0 Å². The molecule has 2 saturated heterocycles. The van der Waals surface area contributed by atoms with Crippen LogP contribution in [0.1, 0.15) is 64.8 Å². The number of anilines is 3. The molecule has 6 aromatic rings. The number of carbonyl (C=O) groups is 2. The summed E-state index contributed by atoms with van der Waals surface area (Å²) in [6, 6.07) is 11.4. The summed E-state index contributed by atoms with van der Waals surface area (Å²) in [5, 5.41) is 6.78. The summed E-state index contributed by atoms with van der Waals surface area (Å²) in [6.45, 7) is 11.2. The number of hydrogen-bond donors (Lipinski definition) is 1. The van der Waals surface area contributed by atoms with Crippen LogP contribution >= 0.6 is 34.8 Å². The minimum absolute atomic E-state index is 0.0775. The second-order valence-electron chi connectivity index (χ2n) is 16.0. The number of benzene rings is 2. The number of halogens is 3. The predicted molar refractivity (Wildman–Crippen MR) is 230 cm³/mol. The Hall–Kier alpha value is -5.15. The molecule has 0 unspecified atom stereocenters. The lowest BCUT2D eigenvalue weighted by atomic mass is 9.90. The lowest BCUT2D eigenvalue weighted by molar-refractivity contribution is -0.123. The van der Waals surface area contributed by atoms with Gasteiger partial charge < -0.3 is 10.2 Å². The summed E-state index contributed by atoms with van der Waals surface area (Å²) in [6.07, 6.45) is 13.8. The van der Waals surface area contributed by atoms with Crippen molar-refractivity contribution in [2.75, 3.05) is 40.9 Å². The van der Waals surface area contributed by atoms with E-state index in [1.54, 1.807) is 43.1 Å². The van der Waals surface area contributed by atoms with Crippen molar-refractivity contribution in [3.05, 3.63) is 100 Å². The summed E-state index contributed by atoms with van der Waals surface area (Å²) in [5.41, 5.74) is 2.00. The van der Waals surface area contributed by atoms with E-state index in [2.05, 4.69) is 50.1 Å². The lowest BCUT2D eigenvalue weighted by Gasteiger charge is -2.37. The quantitative estimate of drug-likeness (QED) is 0.180. The zero-order valence-corrected chi connectivity index (χ0v) is 35.4. The maximum atomic E-state index is 13.1. The molecule has 14 nitrogen and oxygen atoms in total. The Kier molecular flexibility index (Phi) is 11.3. The van der Waals surface area contributed by atoms with Crippen LogP contribution in [0.3, 0.4) is 0 Å². The molecule has 8 heterocycles. The van der Waals surface area contributed by atoms with E-state index in [0.717, 1.165) is 90.9 Å². The van der Waals surface area contributed by atoms with E-state index in [1.807, 2.05) is 68.0 Å². The van der Waals surface area contributed by atoms with Crippen molar-refractivity contribution in [3.8, 4) is 0 Å². The molecule has 17 heteroatoms. The lowest BCUT2D eigenvalue weighted by Crippen LogP contribution is -2.49. The van der Waals surface area contributed by atoms with E-state index in [1.165, 1.54) is 0 Å². The standard InChI is InChI=1S/C21H21ClN6O.C13H18N4O.C8H4Cl2N2/c1-21(2)17-18(24-8-7-23-17)28(19(21)29)15-5-9-27(10-6-15)20-25-12-13-3-4-14(22)11-16(13)26-20;1-13(2)10-11(16-8-7-15-10)17(12(13)18)9-3-5-14-6-4-9;9-6-2-1-5-4-11-8(10)12-7(5)3-6/h3-4,7-8,11-12,15H,5-6,9-10H2,1-2H3;7-9,14H,3-6H2,1-2H3;1-4H. The smallest absolute Gasteiger partial charge is 0.240 e. The highest BCUT2D eigenvalue weighted by Gasteiger charge is 2.50. The molecule has 2 fully saturated rings. The number of nitrogens with zero attached hydrogens (tertiary/aromatic N) is 11. The van der Waals surface area contributed by atoms with Crippen molar-refractivity contribution in [1.29, 1.82) is 0 Å². The van der Waals surface area contributed by atoms with Gasteiger partial charge in [-0.1, -0.05) is 23.2 Å². The maximum absolute atomic E-state index is 13.1. The molecule has 1 N–H and O–H groups in total. The van der Waals surface area contributed by atoms with E-state index in [0.29, 0.717) is 21.8 Å². The fourth-order valence-corrected chi connectivity index (χ4v) is 8.54. The molecule has 4 aliphatic heterocycles. The molecule has 2 amide bonds. The van der Waals surface area contributed by atoms with Crippen LogP contribution in [0.4, 0.5) is 17.6 Å². The van der Waals surface area contributed by atoms with E-state index in [4.69, 9.17) is 34.8 Å². The Morgan fingerprint density at radius 1 is 0.610 bits per heavy atom. The number of amides is 2. The van der Waals surface area contributed by atoms with Crippen LogP contribution < -0.4 is 20.0 Å². The summed E-state index contributed by atoms with van der Waals surface area (Å²) in [5.74, 6) is 2.38. The van der Waals surface area contributed by atoms with E-state index >= 15 is 0 Å². The maximum Gasteiger partial charge on any atom is 0.240 e. The Morgan fingerprint density at radius 3 is 1.63 bits per heavy atom. The van der Waals surface area contributed by atoms with Crippen molar-refractivity contribution in [1.82, 2.24) is 45.2 Å². The summed E-state index contributed by atoms with van der Waals surface area (Å²) in [4.78, 5) is 66.4. The van der Waals surface area contributed by atoms with Gasteiger partial charge in [0.25, 0.3) is 0 Å². The highest BCUT2D eigenvalue weighted by Crippen LogP contribution is 2.42. The van der Waals surface area contributed by atoms with Gasteiger partial charge in [-0.2, -0.15) is 0 Å². The average molecular weight is 854 g/mol. The molecule has 0 saturated carbocycles. The zero-order chi connectivity index (χ0) is 41.5. The third-order valence-corrected chi connectivity index (χ3v) is 12.0. The van der Waals surface area contributed by atoms with Crippen LogP contribution in [0.15, 0.2) is 73.6 Å². The number of piperidine rings is 2. The fraction of sp³-hybridized carbons (Fsp3) is 0.381. The van der Waals surface area contributed by atoms with Gasteiger partial charge in [-0.15, -0.1) is 0 Å². The Morgan fingerprint density at radius 2 is 1.08 bits per heavy atom. The van der Waals surface area contributed by atoms with Crippen LogP contribution in [-0.2, 0) is 20.4 Å². The van der Waals surface area contributed by atoms with Gasteiger partial charge in [0.15, 0.2) is 11.6 Å². The molecule has 0 radical (unpaired) electrons. The van der Waals surface area contributed by atoms with Gasteiger partial charge in [0.1, 0.15) is 0 Å². The van der Waals surface area contributed by atoms with Gasteiger partial charge in [-0.05, 0) is 114 Å². The average Bonchev–Trinajstić information content (AvgIpc) is 3.58. The van der Waals surface area contributed by atoms with Crippen molar-refractivity contribution in [2.24, 2.45) is 0 Å². The van der Waals surface area contributed by atoms with Crippen LogP contribution in [0.2, 0.25) is 15.3 Å². The zero-order valence-electron chi connectivity index (χ0n) is 33.1. The monoisotopic (exact) mass is 852 g/mol. The Bertz CT molecular complexity index is 2510. The molecule has 304 valence electrons. The molecule has 4 aliphatic rings. The van der Waals surface area contributed by atoms with Crippen molar-refractivity contribution < 1.29 is 9.59 Å². The van der Waals surface area contributed by atoms with Crippen LogP contribution in [-0.4, -0.2) is 89.9 Å². The van der Waals surface area contributed by atoms with Gasteiger partial charge >= 0.3 is 0 Å². The number of carbonyl (C=O) groups excluding carboxylic acids is 2. The molecule has 59 heavy (non-hydrogen) atoms. The van der Waals surface area contributed by atoms with Crippen molar-refractivity contribution in [2.45, 2.75) is 76.3 Å². The van der Waals surface area contributed by atoms with Crippen LogP contribution in [0.5, 0.6) is 0 Å². The third kappa shape index (κ3) is 7.98. The summed E-state index contributed by atoms with van der Waals surface area (Å²) >= 11 is 17.5. The molecule has 0 spiro atoms. The molecule has 0 aliphatic carbocycles. The number of nitrogens with one attached hydrogen (secondary N) is 1. The molecule has 4 aromatic heterocycles. The van der Waals surface area contributed by atoms with Gasteiger partial charge in [0.2, 0.25) is 23.0 Å². The Balaban J connectivity index is 0.000000137. The summed E-state index contributed by atoms with van der Waals surface area (Å²) in [7, 11) is 0. The van der Waals surface area contributed by atoms with Crippen LogP contribution in [0.25, 0.3) is 21.8 Å². The highest BCUT2D eigenvalue weighted by atomic mass is 35.5. The van der Waals surface area contributed by atoms with Gasteiger partial charge in [0, 0.05) is 83.2 Å². The molecular weight excluding hydrogens is 811 g/mol. The van der Waals surface area contributed by atoms with E-state index in [-0.39, 0.29) is 29.2 Å². The van der Waals surface area contributed by atoms with Gasteiger partial charge in [0.05, 0.1) is 33.3 Å². The summed E-state index contributed by atoms with van der Waals surface area (Å²) < 4.78 is 0. The highest BCUT2D eigenvalue weighted by molar-refractivity contribution is 6.31. The first-order chi connectivity index (χ1) is 28.3. The number of fused-ring (bicyclic) bond motifs is 4. The normalized spacial score (nSPS) is 18.6. The second kappa shape index (κ2) is 16.5. The van der Waals surface area contributed by atoms with Gasteiger partial charge in [-0.25, -0.2) is 29.9 Å². The SMILES string of the molecule is CC1(C)C(=O)N(C2CCN(c3ncc4ccc(Cl)cc4n3)CC2)c2nccnc21.CC1(C)C(=O)N(C2CCNCC2)c2nccnc21.Clc1ccc2cnc(Cl)nc2c1. The molecular formula is C42H43Cl3N12O2. The molecule has 10 rings (SSSR count). The topological polar surface area (TPSA) is 159 Å². The van der Waals surface area contributed by atoms with Crippen molar-refractivity contribution >= 4 is 86.0 Å². The predicted octanol–water partition coefficient (Wildman–Crippen LogP) is 7.16. The molecule has 2 aromatic carbocycles. The number of rotatable bonds is 3. The first-order valence-corrected chi connectivity index (χ1v) is 20.7. The minimum atomic E-state index is -0.637. The largest absolute Gasteiger partial charge is 0.341 e. The van der Waals surface area contributed by atoms with E-state index in [9.17, 15) is 9.59 Å². The molecule has 0 bridgehead atoms. The third-order valence-electron chi connectivity index (χ3n) is 11.3. The number of aromatic nitrogens is 8. The van der Waals surface area contributed by atoms with Crippen molar-refractivity contribution in [3.63, 3.8) is 0 Å². The first-order valence-electron chi connectivity index (χ1n) is 19.6. The molecule has 0 atom stereocenters. The first kappa shape index (κ1) is 40.6. The van der Waals surface area contributed by atoms with E-state index < -0.39 is 10.8 Å². The fourth-order valence-electron chi connectivity index (χ4n) is 8.07. The second-order valence-corrected chi connectivity index (χ2v) is 17.2. The number of hydrogen-bond acceptors (Lipinski definition) is 12. The Labute approximate surface area is 356 Å².